The molecule has 0 fully saturated rings. The van der Waals surface area contributed by atoms with E-state index in [0.29, 0.717) is 17.5 Å². The van der Waals surface area contributed by atoms with Crippen LogP contribution in [-0.4, -0.2) is 24.4 Å². The highest BCUT2D eigenvalue weighted by molar-refractivity contribution is 8.67. The van der Waals surface area contributed by atoms with Gasteiger partial charge < -0.3 is 13.5 Å². The van der Waals surface area contributed by atoms with Gasteiger partial charge in [0, 0.05) is 20.1 Å². The minimum absolute atomic E-state index is 0.235. The van der Waals surface area contributed by atoms with E-state index in [9.17, 15) is 0 Å². The predicted octanol–water partition coefficient (Wildman–Crippen LogP) is 2.94. The van der Waals surface area contributed by atoms with Crippen molar-refractivity contribution in [2.45, 2.75) is 25.5 Å². The Labute approximate surface area is 104 Å². The summed E-state index contributed by atoms with van der Waals surface area (Å²) >= 11 is 6.59. The molecular weight excluding hydrogens is 267 g/mol. The summed E-state index contributed by atoms with van der Waals surface area (Å²) in [6.45, 7) is 4.00. The van der Waals surface area contributed by atoms with Crippen LogP contribution in [0.4, 0.5) is 0 Å². The van der Waals surface area contributed by atoms with Gasteiger partial charge in [-0.15, -0.1) is 10.2 Å². The molecule has 16 heavy (non-hydrogen) atoms. The first-order chi connectivity index (χ1) is 7.50. The molecule has 0 aliphatic heterocycles. The molecule has 0 atom stereocenters. The van der Waals surface area contributed by atoms with E-state index in [4.69, 9.17) is 25.3 Å². The van der Waals surface area contributed by atoms with Crippen molar-refractivity contribution in [2.24, 2.45) is 0 Å². The third kappa shape index (κ3) is 3.82. The molecule has 8 heteroatoms. The SMILES string of the molecule is COP(=S)(OC)SCc1nnc(C(C)C)o1. The number of hydrogen-bond donors (Lipinski definition) is 0. The van der Waals surface area contributed by atoms with Crippen LogP contribution in [0.3, 0.4) is 0 Å². The Bertz CT molecular complexity index is 375. The Balaban J connectivity index is 2.57. The van der Waals surface area contributed by atoms with Crippen molar-refractivity contribution in [3.63, 3.8) is 0 Å². The molecule has 92 valence electrons. The van der Waals surface area contributed by atoms with Crippen molar-refractivity contribution in [3.05, 3.63) is 11.8 Å². The van der Waals surface area contributed by atoms with Gasteiger partial charge in [-0.05, 0) is 11.8 Å². The second-order valence-corrected chi connectivity index (χ2v) is 9.80. The fourth-order valence-corrected chi connectivity index (χ4v) is 3.53. The van der Waals surface area contributed by atoms with Crippen molar-refractivity contribution in [1.29, 1.82) is 0 Å². The number of nitrogens with zero attached hydrogens (tertiary/aromatic N) is 2. The highest BCUT2D eigenvalue weighted by Crippen LogP contribution is 2.60. The maximum Gasteiger partial charge on any atom is 0.247 e. The van der Waals surface area contributed by atoms with Gasteiger partial charge in [0.15, 0.2) is 0 Å². The van der Waals surface area contributed by atoms with E-state index in [1.165, 1.54) is 11.4 Å². The first kappa shape index (κ1) is 14.1. The van der Waals surface area contributed by atoms with Crippen molar-refractivity contribution in [1.82, 2.24) is 10.2 Å². The zero-order valence-electron chi connectivity index (χ0n) is 9.67. The topological polar surface area (TPSA) is 57.4 Å². The highest BCUT2D eigenvalue weighted by atomic mass is 32.9. The van der Waals surface area contributed by atoms with E-state index in [1.54, 1.807) is 14.2 Å². The summed E-state index contributed by atoms with van der Waals surface area (Å²) in [4.78, 5) is 0. The average Bonchev–Trinajstić information content (AvgIpc) is 2.75. The van der Waals surface area contributed by atoms with E-state index >= 15 is 0 Å². The number of hydrogen-bond acceptors (Lipinski definition) is 7. The Kier molecular flexibility index (Phi) is 5.40. The molecule has 0 radical (unpaired) electrons. The van der Waals surface area contributed by atoms with E-state index in [2.05, 4.69) is 10.2 Å². The predicted molar refractivity (Wildman–Crippen MR) is 68.0 cm³/mol. The lowest BCUT2D eigenvalue weighted by Crippen LogP contribution is -1.85. The van der Waals surface area contributed by atoms with E-state index in [0.717, 1.165) is 0 Å². The molecule has 0 saturated carbocycles. The normalized spacial score (nSPS) is 12.3. The maximum absolute atomic E-state index is 5.45. The van der Waals surface area contributed by atoms with Crippen LogP contribution in [0.1, 0.15) is 31.5 Å². The van der Waals surface area contributed by atoms with Crippen LogP contribution in [-0.2, 0) is 26.6 Å². The van der Waals surface area contributed by atoms with Crippen LogP contribution in [0.2, 0.25) is 0 Å². The molecule has 1 heterocycles. The lowest BCUT2D eigenvalue weighted by molar-refractivity contribution is 0.354. The molecule has 0 N–H and O–H groups in total. The zero-order valence-corrected chi connectivity index (χ0v) is 12.2. The van der Waals surface area contributed by atoms with Crippen LogP contribution in [0.5, 0.6) is 0 Å². The first-order valence-electron chi connectivity index (χ1n) is 4.69. The van der Waals surface area contributed by atoms with Crippen LogP contribution < -0.4 is 0 Å². The summed E-state index contributed by atoms with van der Waals surface area (Å²) in [7, 11) is 3.09. The summed E-state index contributed by atoms with van der Waals surface area (Å²) < 4.78 is 15.7. The second-order valence-electron chi connectivity index (χ2n) is 3.27. The maximum atomic E-state index is 5.45. The highest BCUT2D eigenvalue weighted by Gasteiger charge is 2.18. The van der Waals surface area contributed by atoms with E-state index in [1.807, 2.05) is 13.8 Å². The summed E-state index contributed by atoms with van der Waals surface area (Å²) in [6.07, 6.45) is 0. The fraction of sp³-hybridized carbons (Fsp3) is 0.750. The minimum Gasteiger partial charge on any atom is -0.424 e. The van der Waals surface area contributed by atoms with Gasteiger partial charge in [0.1, 0.15) is 0 Å². The molecule has 1 aromatic rings. The molecule has 5 nitrogen and oxygen atoms in total. The minimum atomic E-state index is -2.24. The zero-order chi connectivity index (χ0) is 12.2. The van der Waals surface area contributed by atoms with Crippen LogP contribution in [0.25, 0.3) is 0 Å². The second kappa shape index (κ2) is 6.12. The van der Waals surface area contributed by atoms with Gasteiger partial charge in [0.05, 0.1) is 5.75 Å². The summed E-state index contributed by atoms with van der Waals surface area (Å²) in [6, 6.07) is 0. The largest absolute Gasteiger partial charge is 0.424 e. The molecule has 1 rings (SSSR count). The van der Waals surface area contributed by atoms with Crippen LogP contribution >= 0.6 is 17.1 Å². The Morgan fingerprint density at radius 1 is 1.38 bits per heavy atom. The van der Waals surface area contributed by atoms with Gasteiger partial charge in [-0.2, -0.15) is 0 Å². The van der Waals surface area contributed by atoms with Gasteiger partial charge in [0.2, 0.25) is 17.5 Å². The molecule has 1 aromatic heterocycles. The Hall–Kier alpha value is 0.0600. The van der Waals surface area contributed by atoms with Gasteiger partial charge in [-0.3, -0.25) is 0 Å². The van der Waals surface area contributed by atoms with E-state index < -0.39 is 5.69 Å². The standard InChI is InChI=1S/C8H15N2O3PS2/c1-6(2)8-10-9-7(13-8)5-16-14(15,11-3)12-4/h6H,5H2,1-4H3. The monoisotopic (exact) mass is 282 g/mol. The lowest BCUT2D eigenvalue weighted by Gasteiger charge is -2.14. The molecule has 0 aromatic carbocycles. The van der Waals surface area contributed by atoms with Gasteiger partial charge >= 0.3 is 0 Å². The number of rotatable bonds is 6. The average molecular weight is 282 g/mol. The van der Waals surface area contributed by atoms with Crippen molar-refractivity contribution in [2.75, 3.05) is 14.2 Å². The summed E-state index contributed by atoms with van der Waals surface area (Å²) in [5.41, 5.74) is -2.24. The van der Waals surface area contributed by atoms with Gasteiger partial charge in [-0.25, -0.2) is 0 Å². The van der Waals surface area contributed by atoms with Gasteiger partial charge in [0.25, 0.3) is 0 Å². The van der Waals surface area contributed by atoms with Crippen molar-refractivity contribution < 1.29 is 13.5 Å². The molecule has 0 bridgehead atoms. The molecule has 0 aliphatic carbocycles. The molecule has 0 amide bonds. The van der Waals surface area contributed by atoms with Gasteiger partial charge in [-0.1, -0.05) is 25.2 Å². The third-order valence-electron chi connectivity index (χ3n) is 1.77. The molecular formula is C8H15N2O3PS2. The fourth-order valence-electron chi connectivity index (χ4n) is 0.872. The van der Waals surface area contributed by atoms with Crippen LogP contribution in [0, 0.1) is 0 Å². The van der Waals surface area contributed by atoms with E-state index in [-0.39, 0.29) is 5.92 Å². The molecule has 0 aliphatic rings. The quantitative estimate of drug-likeness (QED) is 0.743. The first-order valence-corrected chi connectivity index (χ1v) is 8.92. The molecule has 0 spiro atoms. The van der Waals surface area contributed by atoms with Crippen molar-refractivity contribution >= 4 is 28.9 Å². The summed E-state index contributed by atoms with van der Waals surface area (Å²) in [5, 5.41) is 7.87. The smallest absolute Gasteiger partial charge is 0.247 e. The molecule has 0 saturated heterocycles. The Morgan fingerprint density at radius 3 is 2.44 bits per heavy atom. The summed E-state index contributed by atoms with van der Waals surface area (Å²) in [5.74, 6) is 1.94. The number of aromatic nitrogens is 2. The van der Waals surface area contributed by atoms with Crippen LogP contribution in [0.15, 0.2) is 4.42 Å². The lowest BCUT2D eigenvalue weighted by atomic mass is 10.2. The third-order valence-corrected chi connectivity index (χ3v) is 7.43. The Morgan fingerprint density at radius 2 is 2.00 bits per heavy atom. The molecule has 0 unspecified atom stereocenters. The van der Waals surface area contributed by atoms with Crippen molar-refractivity contribution in [3.8, 4) is 0 Å².